The third kappa shape index (κ3) is 4.78. The third-order valence-corrected chi connectivity index (χ3v) is 7.56. The highest BCUT2D eigenvalue weighted by Gasteiger charge is 2.42. The van der Waals surface area contributed by atoms with E-state index in [4.69, 9.17) is 4.74 Å². The molecule has 182 valence electrons. The van der Waals surface area contributed by atoms with Gasteiger partial charge >= 0.3 is 0 Å². The molecule has 35 heavy (non-hydrogen) atoms. The summed E-state index contributed by atoms with van der Waals surface area (Å²) < 4.78 is 33.6. The zero-order valence-electron chi connectivity index (χ0n) is 20.0. The summed E-state index contributed by atoms with van der Waals surface area (Å²) in [5.74, 6) is 0.271. The Morgan fingerprint density at radius 2 is 1.74 bits per heavy atom. The number of carbonyl (C=O) groups is 2. The van der Waals surface area contributed by atoms with Crippen LogP contribution in [0, 0.1) is 0 Å². The maximum absolute atomic E-state index is 12.9. The highest BCUT2D eigenvalue weighted by atomic mass is 32.2. The molecule has 2 N–H and O–H groups in total. The lowest BCUT2D eigenvalue weighted by Crippen LogP contribution is -2.33. The fourth-order valence-corrected chi connectivity index (χ4v) is 5.10. The highest BCUT2D eigenvalue weighted by Crippen LogP contribution is 2.41. The van der Waals surface area contributed by atoms with Gasteiger partial charge in [-0.05, 0) is 67.4 Å². The number of hydrogen-bond acceptors (Lipinski definition) is 5. The minimum absolute atomic E-state index is 0.0550. The molecule has 9 heteroatoms. The van der Waals surface area contributed by atoms with E-state index in [-0.39, 0.29) is 23.3 Å². The number of anilines is 2. The number of rotatable bonds is 7. The van der Waals surface area contributed by atoms with Crippen LogP contribution in [0.2, 0.25) is 0 Å². The van der Waals surface area contributed by atoms with Crippen molar-refractivity contribution in [3.8, 4) is 5.75 Å². The first kappa shape index (κ1) is 24.4. The van der Waals surface area contributed by atoms with E-state index >= 15 is 0 Å². The number of nitrogens with one attached hydrogen (secondary N) is 2. The first-order chi connectivity index (χ1) is 16.5. The van der Waals surface area contributed by atoms with Crippen LogP contribution < -0.4 is 19.7 Å². The second-order valence-electron chi connectivity index (χ2n) is 8.88. The largest absolute Gasteiger partial charge is 0.497 e. The van der Waals surface area contributed by atoms with Gasteiger partial charge < -0.3 is 15.0 Å². The molecule has 8 nitrogen and oxygen atoms in total. The number of hydrogen-bond donors (Lipinski definition) is 2. The molecule has 0 radical (unpaired) electrons. The van der Waals surface area contributed by atoms with Crippen molar-refractivity contribution in [2.45, 2.75) is 30.7 Å². The molecule has 0 unspecified atom stereocenters. The zero-order valence-corrected chi connectivity index (χ0v) is 20.8. The van der Waals surface area contributed by atoms with Crippen molar-refractivity contribution in [3.63, 3.8) is 0 Å². The maximum Gasteiger partial charge on any atom is 0.255 e. The van der Waals surface area contributed by atoms with E-state index < -0.39 is 15.4 Å². The van der Waals surface area contributed by atoms with Gasteiger partial charge in [0.25, 0.3) is 5.91 Å². The summed E-state index contributed by atoms with van der Waals surface area (Å²) in [4.78, 5) is 26.7. The predicted molar refractivity (Wildman–Crippen MR) is 134 cm³/mol. The Morgan fingerprint density at radius 1 is 1.03 bits per heavy atom. The van der Waals surface area contributed by atoms with Crippen molar-refractivity contribution in [1.82, 2.24) is 4.72 Å². The minimum atomic E-state index is -3.81. The molecule has 4 rings (SSSR count). The normalized spacial score (nSPS) is 14.5. The SMILES string of the molecule is COc1cccc(NC(=O)c2ccc(CNS(=O)(=O)c3ccc4c(c3)C(C)(C)C(=O)N4C)cc2)c1. The first-order valence-electron chi connectivity index (χ1n) is 11.0. The lowest BCUT2D eigenvalue weighted by Gasteiger charge is -2.17. The molecule has 0 aliphatic carbocycles. The van der Waals surface area contributed by atoms with Crippen LogP contribution in [0.25, 0.3) is 0 Å². The molecule has 3 aromatic rings. The Balaban J connectivity index is 1.43. The zero-order chi connectivity index (χ0) is 25.4. The molecule has 1 aliphatic rings. The lowest BCUT2D eigenvalue weighted by molar-refractivity contribution is -0.121. The molecule has 0 saturated carbocycles. The molecule has 0 fully saturated rings. The van der Waals surface area contributed by atoms with Crippen LogP contribution in [0.3, 0.4) is 0 Å². The average molecular weight is 494 g/mol. The van der Waals surface area contributed by atoms with Gasteiger partial charge in [-0.1, -0.05) is 18.2 Å². The summed E-state index contributed by atoms with van der Waals surface area (Å²) in [5, 5.41) is 2.81. The molecule has 1 heterocycles. The maximum atomic E-state index is 12.9. The Morgan fingerprint density at radius 3 is 2.43 bits per heavy atom. The standard InChI is InChI=1S/C26H27N3O5S/c1-26(2)22-15-21(12-13-23(22)29(3)25(26)31)35(32,33)27-16-17-8-10-18(11-9-17)24(30)28-19-6-5-7-20(14-19)34-4/h5-15,27H,16H2,1-4H3,(H,28,30). The van der Waals surface area contributed by atoms with E-state index in [1.54, 1.807) is 93.6 Å². The van der Waals surface area contributed by atoms with E-state index in [2.05, 4.69) is 10.0 Å². The third-order valence-electron chi connectivity index (χ3n) is 6.16. The van der Waals surface area contributed by atoms with Gasteiger partial charge in [-0.3, -0.25) is 9.59 Å². The van der Waals surface area contributed by atoms with Crippen molar-refractivity contribution >= 4 is 33.2 Å². The van der Waals surface area contributed by atoms with Gasteiger partial charge in [-0.15, -0.1) is 0 Å². The van der Waals surface area contributed by atoms with Crippen LogP contribution in [0.4, 0.5) is 11.4 Å². The van der Waals surface area contributed by atoms with E-state index in [1.807, 2.05) is 0 Å². The molecule has 2 amide bonds. The van der Waals surface area contributed by atoms with Crippen molar-refractivity contribution < 1.29 is 22.7 Å². The number of carbonyl (C=O) groups excluding carboxylic acids is 2. The predicted octanol–water partition coefficient (Wildman–Crippen LogP) is 3.68. The molecule has 0 aromatic heterocycles. The number of methoxy groups -OCH3 is 1. The molecule has 0 atom stereocenters. The smallest absolute Gasteiger partial charge is 0.255 e. The van der Waals surface area contributed by atoms with Gasteiger partial charge in [0.05, 0.1) is 17.4 Å². The first-order valence-corrected chi connectivity index (χ1v) is 12.5. The van der Waals surface area contributed by atoms with Crippen LogP contribution in [-0.4, -0.2) is 34.4 Å². The van der Waals surface area contributed by atoms with Gasteiger partial charge in [0.1, 0.15) is 5.75 Å². The average Bonchev–Trinajstić information content (AvgIpc) is 3.03. The molecular weight excluding hydrogens is 466 g/mol. The molecule has 0 spiro atoms. The number of amides is 2. The van der Waals surface area contributed by atoms with Crippen molar-refractivity contribution in [3.05, 3.63) is 83.4 Å². The molecule has 0 bridgehead atoms. The second-order valence-corrected chi connectivity index (χ2v) is 10.6. The van der Waals surface area contributed by atoms with E-state index in [0.717, 1.165) is 0 Å². The monoisotopic (exact) mass is 493 g/mol. The van der Waals surface area contributed by atoms with Gasteiger partial charge in [0.2, 0.25) is 15.9 Å². The molecule has 3 aromatic carbocycles. The van der Waals surface area contributed by atoms with Crippen LogP contribution >= 0.6 is 0 Å². The Kier molecular flexibility index (Phi) is 6.40. The number of nitrogens with zero attached hydrogens (tertiary/aromatic N) is 1. The van der Waals surface area contributed by atoms with E-state index in [0.29, 0.717) is 33.8 Å². The van der Waals surface area contributed by atoms with Gasteiger partial charge in [-0.2, -0.15) is 0 Å². The van der Waals surface area contributed by atoms with Crippen LogP contribution in [-0.2, 0) is 26.8 Å². The number of benzene rings is 3. The summed E-state index contributed by atoms with van der Waals surface area (Å²) in [5.41, 5.74) is 2.34. The minimum Gasteiger partial charge on any atom is -0.497 e. The Labute approximate surface area is 205 Å². The Hall–Kier alpha value is -3.69. The summed E-state index contributed by atoms with van der Waals surface area (Å²) in [6.45, 7) is 3.63. The number of ether oxygens (including phenoxy) is 1. The summed E-state index contributed by atoms with van der Waals surface area (Å²) in [7, 11) is -0.572. The van der Waals surface area contributed by atoms with Gasteiger partial charge in [0.15, 0.2) is 0 Å². The number of sulfonamides is 1. The van der Waals surface area contributed by atoms with Gasteiger partial charge in [-0.25, -0.2) is 13.1 Å². The van der Waals surface area contributed by atoms with Crippen LogP contribution in [0.1, 0.15) is 35.3 Å². The fourth-order valence-electron chi connectivity index (χ4n) is 4.06. The van der Waals surface area contributed by atoms with Gasteiger partial charge in [0, 0.05) is 36.6 Å². The quantitative estimate of drug-likeness (QED) is 0.523. The molecule has 1 aliphatic heterocycles. The second kappa shape index (κ2) is 9.16. The van der Waals surface area contributed by atoms with Crippen molar-refractivity contribution in [1.29, 1.82) is 0 Å². The Bertz CT molecular complexity index is 1400. The molecular formula is C26H27N3O5S. The summed E-state index contributed by atoms with van der Waals surface area (Å²) in [6, 6.07) is 18.4. The van der Waals surface area contributed by atoms with E-state index in [1.165, 1.54) is 6.07 Å². The number of likely N-dealkylation sites (N-methyl/N-ethyl adjacent to an activating group) is 1. The van der Waals surface area contributed by atoms with Crippen molar-refractivity contribution in [2.24, 2.45) is 0 Å². The van der Waals surface area contributed by atoms with Crippen LogP contribution in [0.5, 0.6) is 5.75 Å². The number of fused-ring (bicyclic) bond motifs is 1. The van der Waals surface area contributed by atoms with E-state index in [9.17, 15) is 18.0 Å². The van der Waals surface area contributed by atoms with Crippen molar-refractivity contribution in [2.75, 3.05) is 24.4 Å². The summed E-state index contributed by atoms with van der Waals surface area (Å²) >= 11 is 0. The fraction of sp³-hybridized carbons (Fsp3) is 0.231. The van der Waals surface area contributed by atoms with Crippen LogP contribution in [0.15, 0.2) is 71.6 Å². The topological polar surface area (TPSA) is 105 Å². The highest BCUT2D eigenvalue weighted by molar-refractivity contribution is 7.89. The lowest BCUT2D eigenvalue weighted by atomic mass is 9.86. The molecule has 0 saturated heterocycles. The summed E-state index contributed by atoms with van der Waals surface area (Å²) in [6.07, 6.45) is 0.